The first-order valence-corrected chi connectivity index (χ1v) is 10.3. The van der Waals surface area contributed by atoms with Gasteiger partial charge >= 0.3 is 0 Å². The van der Waals surface area contributed by atoms with Gasteiger partial charge < -0.3 is 4.74 Å². The Balaban J connectivity index is 1.82. The zero-order chi connectivity index (χ0) is 18.0. The van der Waals surface area contributed by atoms with Crippen LogP contribution in [0.5, 0.6) is 5.75 Å². The van der Waals surface area contributed by atoms with E-state index in [0.717, 1.165) is 11.3 Å². The number of carbonyl (C=O) groups excluding carboxylic acids is 1. The summed E-state index contributed by atoms with van der Waals surface area (Å²) in [5.41, 5.74) is 0. The number of aromatic nitrogens is 2. The van der Waals surface area contributed by atoms with Crippen LogP contribution < -0.4 is 14.4 Å². The summed E-state index contributed by atoms with van der Waals surface area (Å²) in [5.74, 6) is 0.701. The summed E-state index contributed by atoms with van der Waals surface area (Å²) in [6, 6.07) is 2.56. The molecular formula is C15H20N4O4S2. The summed E-state index contributed by atoms with van der Waals surface area (Å²) < 4.78 is 34.7. The lowest BCUT2D eigenvalue weighted by Crippen LogP contribution is -2.52. The van der Waals surface area contributed by atoms with E-state index in [1.54, 1.807) is 33.3 Å². The van der Waals surface area contributed by atoms with Gasteiger partial charge in [-0.05, 0) is 31.2 Å². The number of anilines is 1. The van der Waals surface area contributed by atoms with Gasteiger partial charge in [-0.15, -0.1) is 11.3 Å². The number of piperidine rings is 1. The highest BCUT2D eigenvalue weighted by molar-refractivity contribution is 7.91. The quantitative estimate of drug-likeness (QED) is 0.814. The highest BCUT2D eigenvalue weighted by atomic mass is 32.2. The van der Waals surface area contributed by atoms with Crippen molar-refractivity contribution in [1.82, 2.24) is 14.5 Å². The van der Waals surface area contributed by atoms with Gasteiger partial charge in [0, 0.05) is 19.2 Å². The Morgan fingerprint density at radius 3 is 2.96 bits per heavy atom. The van der Waals surface area contributed by atoms with Crippen LogP contribution in [0.2, 0.25) is 0 Å². The van der Waals surface area contributed by atoms with E-state index in [-0.39, 0.29) is 15.9 Å². The van der Waals surface area contributed by atoms with Crippen LogP contribution in [0, 0.1) is 0 Å². The highest BCUT2D eigenvalue weighted by Gasteiger charge is 2.35. The van der Waals surface area contributed by atoms with E-state index in [9.17, 15) is 13.2 Å². The van der Waals surface area contributed by atoms with Gasteiger partial charge in [0.25, 0.3) is 10.0 Å². The molecule has 136 valence electrons. The molecule has 10 heteroatoms. The number of aryl methyl sites for hydroxylation is 1. The summed E-state index contributed by atoms with van der Waals surface area (Å²) >= 11 is 1.06. The largest absolute Gasteiger partial charge is 0.494 e. The maximum atomic E-state index is 12.8. The number of carbonyl (C=O) groups is 1. The molecule has 3 rings (SSSR count). The topological polar surface area (TPSA) is 93.5 Å². The second-order valence-electron chi connectivity index (χ2n) is 5.59. The van der Waals surface area contributed by atoms with Crippen molar-refractivity contribution in [3.05, 3.63) is 23.7 Å². The average Bonchev–Trinajstić information content (AvgIpc) is 3.25. The zero-order valence-corrected chi connectivity index (χ0v) is 15.6. The molecule has 1 N–H and O–H groups in total. The SMILES string of the molecule is CCn1nccc1N1CCCC(NS(=O)(=O)c2sccc2OC)C1=O. The molecule has 1 aliphatic heterocycles. The molecule has 8 nitrogen and oxygen atoms in total. The lowest BCUT2D eigenvalue weighted by atomic mass is 10.1. The molecule has 3 heterocycles. The molecule has 1 saturated heterocycles. The van der Waals surface area contributed by atoms with Gasteiger partial charge in [0.2, 0.25) is 5.91 Å². The van der Waals surface area contributed by atoms with Crippen LogP contribution in [0.25, 0.3) is 0 Å². The fourth-order valence-electron chi connectivity index (χ4n) is 2.88. The Kier molecular flexibility index (Phi) is 5.11. The molecule has 0 aliphatic carbocycles. The number of nitrogens with one attached hydrogen (secondary N) is 1. The Hall–Kier alpha value is -1.91. The lowest BCUT2D eigenvalue weighted by molar-refractivity contribution is -0.121. The molecule has 2 aromatic heterocycles. The monoisotopic (exact) mass is 384 g/mol. The second kappa shape index (κ2) is 7.14. The molecule has 0 spiro atoms. The Bertz CT molecular complexity index is 859. The van der Waals surface area contributed by atoms with Crippen LogP contribution in [0.3, 0.4) is 0 Å². The van der Waals surface area contributed by atoms with Crippen molar-refractivity contribution in [2.45, 2.75) is 36.6 Å². The third-order valence-electron chi connectivity index (χ3n) is 4.07. The maximum absolute atomic E-state index is 12.8. The first kappa shape index (κ1) is 17.9. The Labute approximate surface area is 150 Å². The van der Waals surface area contributed by atoms with Crippen molar-refractivity contribution in [1.29, 1.82) is 0 Å². The molecule has 25 heavy (non-hydrogen) atoms. The van der Waals surface area contributed by atoms with E-state index >= 15 is 0 Å². The fraction of sp³-hybridized carbons (Fsp3) is 0.467. The number of rotatable bonds is 6. The van der Waals surface area contributed by atoms with Gasteiger partial charge in [0.15, 0.2) is 4.21 Å². The molecule has 2 aromatic rings. The van der Waals surface area contributed by atoms with Gasteiger partial charge in [0.1, 0.15) is 17.6 Å². The number of hydrogen-bond donors (Lipinski definition) is 1. The van der Waals surface area contributed by atoms with Crippen molar-refractivity contribution < 1.29 is 17.9 Å². The number of ether oxygens (including phenoxy) is 1. The van der Waals surface area contributed by atoms with Crippen LogP contribution in [-0.2, 0) is 21.4 Å². The normalized spacial score (nSPS) is 18.6. The van der Waals surface area contributed by atoms with Gasteiger partial charge in [0.05, 0.1) is 13.3 Å². The molecule has 1 aliphatic rings. The second-order valence-corrected chi connectivity index (χ2v) is 8.41. The smallest absolute Gasteiger partial charge is 0.254 e. The summed E-state index contributed by atoms with van der Waals surface area (Å²) in [6.45, 7) is 3.12. The van der Waals surface area contributed by atoms with Crippen LogP contribution in [0.1, 0.15) is 19.8 Å². The first-order valence-electron chi connectivity index (χ1n) is 7.95. The van der Waals surface area contributed by atoms with Crippen molar-refractivity contribution in [3.63, 3.8) is 0 Å². The van der Waals surface area contributed by atoms with Crippen LogP contribution >= 0.6 is 11.3 Å². The van der Waals surface area contributed by atoms with Crippen LogP contribution in [0.4, 0.5) is 5.82 Å². The number of sulfonamides is 1. The van der Waals surface area contributed by atoms with Crippen LogP contribution in [0.15, 0.2) is 27.9 Å². The Morgan fingerprint density at radius 1 is 1.44 bits per heavy atom. The summed E-state index contributed by atoms with van der Waals surface area (Å²) in [4.78, 5) is 14.4. The van der Waals surface area contributed by atoms with Gasteiger partial charge in [-0.2, -0.15) is 9.82 Å². The van der Waals surface area contributed by atoms with E-state index in [1.165, 1.54) is 7.11 Å². The number of amides is 1. The highest BCUT2D eigenvalue weighted by Crippen LogP contribution is 2.30. The number of nitrogens with zero attached hydrogens (tertiary/aromatic N) is 3. The van der Waals surface area contributed by atoms with Crippen molar-refractivity contribution in [2.24, 2.45) is 0 Å². The molecule has 0 bridgehead atoms. The average molecular weight is 384 g/mol. The zero-order valence-electron chi connectivity index (χ0n) is 14.0. The molecular weight excluding hydrogens is 364 g/mol. The number of methoxy groups -OCH3 is 1. The van der Waals surface area contributed by atoms with E-state index in [4.69, 9.17) is 4.74 Å². The molecule has 1 atom stereocenters. The third-order valence-corrected chi connectivity index (χ3v) is 6.98. The minimum absolute atomic E-state index is 0.0820. The van der Waals surface area contributed by atoms with Gasteiger partial charge in [-0.3, -0.25) is 9.69 Å². The lowest BCUT2D eigenvalue weighted by Gasteiger charge is -2.32. The molecule has 1 amide bonds. The number of hydrogen-bond acceptors (Lipinski definition) is 6. The van der Waals surface area contributed by atoms with Crippen molar-refractivity contribution >= 4 is 33.1 Å². The summed E-state index contributed by atoms with van der Waals surface area (Å²) in [6.07, 6.45) is 2.80. The third kappa shape index (κ3) is 3.42. The fourth-order valence-corrected chi connectivity index (χ4v) is 5.40. The predicted molar refractivity (Wildman–Crippen MR) is 94.5 cm³/mol. The predicted octanol–water partition coefficient (Wildman–Crippen LogP) is 1.45. The standard InChI is InChI=1S/C15H20N4O4S2/c1-3-19-13(6-8-16-19)18-9-4-5-11(14(18)20)17-25(21,22)15-12(23-2)7-10-24-15/h6-8,10-11,17H,3-5,9H2,1-2H3. The molecule has 0 saturated carbocycles. The van der Waals surface area contributed by atoms with Crippen LogP contribution in [-0.4, -0.2) is 43.8 Å². The van der Waals surface area contributed by atoms with Crippen molar-refractivity contribution in [2.75, 3.05) is 18.6 Å². The molecule has 1 unspecified atom stereocenters. The van der Waals surface area contributed by atoms with E-state index in [0.29, 0.717) is 31.7 Å². The minimum atomic E-state index is -3.83. The minimum Gasteiger partial charge on any atom is -0.494 e. The Morgan fingerprint density at radius 2 is 2.24 bits per heavy atom. The molecule has 0 aromatic carbocycles. The van der Waals surface area contributed by atoms with E-state index < -0.39 is 16.1 Å². The van der Waals surface area contributed by atoms with E-state index in [2.05, 4.69) is 9.82 Å². The maximum Gasteiger partial charge on any atom is 0.254 e. The first-order chi connectivity index (χ1) is 12.0. The summed E-state index contributed by atoms with van der Waals surface area (Å²) in [7, 11) is -2.41. The number of thiophene rings is 1. The van der Waals surface area contributed by atoms with Gasteiger partial charge in [-0.1, -0.05) is 0 Å². The van der Waals surface area contributed by atoms with Crippen molar-refractivity contribution in [3.8, 4) is 5.75 Å². The summed E-state index contributed by atoms with van der Waals surface area (Å²) in [5, 5.41) is 5.82. The molecule has 0 radical (unpaired) electrons. The van der Waals surface area contributed by atoms with Gasteiger partial charge in [-0.25, -0.2) is 13.1 Å². The van der Waals surface area contributed by atoms with E-state index in [1.807, 2.05) is 6.92 Å². The molecule has 1 fully saturated rings.